The molecule has 0 aliphatic carbocycles. The Morgan fingerprint density at radius 3 is 2.83 bits per heavy atom. The van der Waals surface area contributed by atoms with Gasteiger partial charge in [-0.25, -0.2) is 0 Å². The summed E-state index contributed by atoms with van der Waals surface area (Å²) >= 11 is 0. The lowest BCUT2D eigenvalue weighted by molar-refractivity contribution is -0.00706. The Labute approximate surface area is 107 Å². The first-order valence-electron chi connectivity index (χ1n) is 6.35. The number of rotatable bonds is 6. The molecule has 100 valence electrons. The van der Waals surface area contributed by atoms with Crippen molar-refractivity contribution in [3.63, 3.8) is 0 Å². The molecule has 0 bridgehead atoms. The van der Waals surface area contributed by atoms with Crippen molar-refractivity contribution < 1.29 is 14.2 Å². The summed E-state index contributed by atoms with van der Waals surface area (Å²) in [7, 11) is 1.61. The summed E-state index contributed by atoms with van der Waals surface area (Å²) in [4.78, 5) is 2.17. The van der Waals surface area contributed by atoms with Crippen molar-refractivity contribution in [3.05, 3.63) is 29.8 Å². The number of alkyl halides is 1. The highest BCUT2D eigenvalue weighted by Crippen LogP contribution is 2.34. The van der Waals surface area contributed by atoms with Crippen molar-refractivity contribution in [1.29, 1.82) is 0 Å². The predicted molar refractivity (Wildman–Crippen MR) is 68.5 cm³/mol. The van der Waals surface area contributed by atoms with Crippen LogP contribution in [0.25, 0.3) is 0 Å². The van der Waals surface area contributed by atoms with Crippen LogP contribution in [0.4, 0.5) is 4.39 Å². The average molecular weight is 253 g/mol. The van der Waals surface area contributed by atoms with Crippen LogP contribution in [0, 0.1) is 5.92 Å². The van der Waals surface area contributed by atoms with Gasteiger partial charge in [0.1, 0.15) is 5.75 Å². The number of hydrogen-bond acceptors (Lipinski definition) is 3. The van der Waals surface area contributed by atoms with Crippen molar-refractivity contribution in [2.24, 2.45) is 5.92 Å². The lowest BCUT2D eigenvalue weighted by Gasteiger charge is -2.42. The van der Waals surface area contributed by atoms with E-state index in [2.05, 4.69) is 4.90 Å². The Balaban J connectivity index is 1.91. The summed E-state index contributed by atoms with van der Waals surface area (Å²) in [6.07, 6.45) is 0.0834. The third-order valence-corrected chi connectivity index (χ3v) is 3.50. The lowest BCUT2D eigenvalue weighted by atomic mass is 9.88. The molecule has 1 N–H and O–H groups in total. The zero-order chi connectivity index (χ0) is 13.0. The van der Waals surface area contributed by atoms with E-state index in [0.29, 0.717) is 6.42 Å². The summed E-state index contributed by atoms with van der Waals surface area (Å²) in [6, 6.07) is 7.55. The normalized spacial score (nSPS) is 18.4. The van der Waals surface area contributed by atoms with Gasteiger partial charge in [-0.05, 0) is 12.5 Å². The molecule has 1 atom stereocenters. The van der Waals surface area contributed by atoms with E-state index in [9.17, 15) is 9.50 Å². The fraction of sp³-hybridized carbons (Fsp3) is 0.571. The van der Waals surface area contributed by atoms with Crippen LogP contribution in [-0.2, 0) is 0 Å². The second kappa shape index (κ2) is 6.16. The summed E-state index contributed by atoms with van der Waals surface area (Å²) < 4.78 is 17.3. The van der Waals surface area contributed by atoms with Crippen molar-refractivity contribution in [2.45, 2.75) is 12.5 Å². The number of aliphatic hydroxyl groups is 1. The molecule has 1 saturated heterocycles. The summed E-state index contributed by atoms with van der Waals surface area (Å²) in [5.41, 5.74) is 0.843. The van der Waals surface area contributed by atoms with E-state index in [0.717, 1.165) is 30.9 Å². The zero-order valence-corrected chi connectivity index (χ0v) is 10.7. The Bertz CT molecular complexity index is 380. The number of hydrogen-bond donors (Lipinski definition) is 1. The standard InChI is InChI=1S/C14H20FNO2/c1-18-13-6-3-2-5-12(13)14(17)11-9-16(10-11)8-4-7-15/h2-3,5-6,11,14,17H,4,7-10H2,1H3/t14-/m1/s1. The highest BCUT2D eigenvalue weighted by atomic mass is 19.1. The number of likely N-dealkylation sites (tertiary alicyclic amines) is 1. The molecule has 0 spiro atoms. The van der Waals surface area contributed by atoms with E-state index in [4.69, 9.17) is 4.74 Å². The molecule has 2 rings (SSSR count). The number of benzene rings is 1. The topological polar surface area (TPSA) is 32.7 Å². The van der Waals surface area contributed by atoms with Gasteiger partial charge in [0, 0.05) is 31.1 Å². The maximum Gasteiger partial charge on any atom is 0.124 e. The van der Waals surface area contributed by atoms with Crippen LogP contribution in [0.15, 0.2) is 24.3 Å². The van der Waals surface area contributed by atoms with Gasteiger partial charge < -0.3 is 14.7 Å². The molecule has 0 aromatic heterocycles. The maximum absolute atomic E-state index is 12.0. The Kier molecular flexibility index (Phi) is 4.55. The number of ether oxygens (including phenoxy) is 1. The van der Waals surface area contributed by atoms with Crippen molar-refractivity contribution in [2.75, 3.05) is 33.4 Å². The third kappa shape index (κ3) is 2.82. The molecular formula is C14H20FNO2. The van der Waals surface area contributed by atoms with E-state index in [1.807, 2.05) is 24.3 Å². The minimum Gasteiger partial charge on any atom is -0.496 e. The maximum atomic E-state index is 12.0. The van der Waals surface area contributed by atoms with Gasteiger partial charge in [-0.1, -0.05) is 18.2 Å². The quantitative estimate of drug-likeness (QED) is 0.842. The molecule has 0 radical (unpaired) electrons. The van der Waals surface area contributed by atoms with Gasteiger partial charge in [-0.2, -0.15) is 0 Å². The molecule has 1 fully saturated rings. The number of methoxy groups -OCH3 is 1. The van der Waals surface area contributed by atoms with Crippen LogP contribution >= 0.6 is 0 Å². The summed E-state index contributed by atoms with van der Waals surface area (Å²) in [5.74, 6) is 0.952. The number of nitrogens with zero attached hydrogens (tertiary/aromatic N) is 1. The van der Waals surface area contributed by atoms with Crippen molar-refractivity contribution in [1.82, 2.24) is 4.90 Å². The number of aliphatic hydroxyl groups excluding tert-OH is 1. The predicted octanol–water partition coefficient (Wildman–Crippen LogP) is 2.02. The highest BCUT2D eigenvalue weighted by molar-refractivity contribution is 5.35. The first-order chi connectivity index (χ1) is 8.76. The molecule has 1 aliphatic heterocycles. The Hall–Kier alpha value is -1.13. The van der Waals surface area contributed by atoms with Gasteiger partial charge in [-0.3, -0.25) is 4.39 Å². The van der Waals surface area contributed by atoms with Crippen LogP contribution in [-0.4, -0.2) is 43.4 Å². The molecule has 0 saturated carbocycles. The fourth-order valence-corrected chi connectivity index (χ4v) is 2.44. The van der Waals surface area contributed by atoms with E-state index in [1.54, 1.807) is 7.11 Å². The molecule has 1 heterocycles. The van der Waals surface area contributed by atoms with Gasteiger partial charge in [0.2, 0.25) is 0 Å². The molecule has 18 heavy (non-hydrogen) atoms. The Morgan fingerprint density at radius 1 is 1.44 bits per heavy atom. The lowest BCUT2D eigenvalue weighted by Crippen LogP contribution is -2.49. The van der Waals surface area contributed by atoms with E-state index in [1.165, 1.54) is 0 Å². The third-order valence-electron chi connectivity index (χ3n) is 3.50. The van der Waals surface area contributed by atoms with Gasteiger partial charge >= 0.3 is 0 Å². The first kappa shape index (κ1) is 13.3. The van der Waals surface area contributed by atoms with Gasteiger partial charge in [0.15, 0.2) is 0 Å². The zero-order valence-electron chi connectivity index (χ0n) is 10.7. The van der Waals surface area contributed by atoms with Crippen LogP contribution in [0.3, 0.4) is 0 Å². The summed E-state index contributed by atoms with van der Waals surface area (Å²) in [5, 5.41) is 10.3. The molecule has 0 unspecified atom stereocenters. The second-order valence-electron chi connectivity index (χ2n) is 4.75. The average Bonchev–Trinajstić information content (AvgIpc) is 2.36. The van der Waals surface area contributed by atoms with Gasteiger partial charge in [-0.15, -0.1) is 0 Å². The van der Waals surface area contributed by atoms with E-state index >= 15 is 0 Å². The molecule has 4 heteroatoms. The van der Waals surface area contributed by atoms with Gasteiger partial charge in [0.05, 0.1) is 19.9 Å². The minimum atomic E-state index is -0.497. The van der Waals surface area contributed by atoms with Crippen LogP contribution in [0.5, 0.6) is 5.75 Å². The molecule has 1 aliphatic rings. The van der Waals surface area contributed by atoms with E-state index < -0.39 is 6.10 Å². The Morgan fingerprint density at radius 2 is 2.17 bits per heavy atom. The monoisotopic (exact) mass is 253 g/mol. The second-order valence-corrected chi connectivity index (χ2v) is 4.75. The van der Waals surface area contributed by atoms with Crippen LogP contribution < -0.4 is 4.74 Å². The van der Waals surface area contributed by atoms with Crippen LogP contribution in [0.2, 0.25) is 0 Å². The SMILES string of the molecule is COc1ccccc1[C@H](O)C1CN(CCCF)C1. The molecular weight excluding hydrogens is 233 g/mol. The fourth-order valence-electron chi connectivity index (χ4n) is 2.44. The summed E-state index contributed by atoms with van der Waals surface area (Å²) in [6.45, 7) is 2.18. The highest BCUT2D eigenvalue weighted by Gasteiger charge is 2.33. The van der Waals surface area contributed by atoms with E-state index in [-0.39, 0.29) is 12.6 Å². The molecule has 1 aromatic carbocycles. The van der Waals surface area contributed by atoms with Gasteiger partial charge in [0.25, 0.3) is 0 Å². The first-order valence-corrected chi connectivity index (χ1v) is 6.35. The minimum absolute atomic E-state index is 0.223. The molecule has 1 aromatic rings. The van der Waals surface area contributed by atoms with Crippen molar-refractivity contribution in [3.8, 4) is 5.75 Å². The van der Waals surface area contributed by atoms with Crippen LogP contribution in [0.1, 0.15) is 18.1 Å². The smallest absolute Gasteiger partial charge is 0.124 e. The number of para-hydroxylation sites is 1. The molecule has 0 amide bonds. The number of halogens is 1. The molecule has 3 nitrogen and oxygen atoms in total. The van der Waals surface area contributed by atoms with Crippen molar-refractivity contribution >= 4 is 0 Å². The largest absolute Gasteiger partial charge is 0.496 e.